The molecule has 0 spiro atoms. The summed E-state index contributed by atoms with van der Waals surface area (Å²) < 4.78 is 9.66. The summed E-state index contributed by atoms with van der Waals surface area (Å²) in [4.78, 5) is 22.1. The molecule has 1 aromatic rings. The maximum Gasteiger partial charge on any atom is 0.341 e. The monoisotopic (exact) mass is 240 g/mol. The van der Waals surface area contributed by atoms with Gasteiger partial charge in [-0.15, -0.1) is 0 Å². The van der Waals surface area contributed by atoms with E-state index in [4.69, 9.17) is 4.74 Å². The highest BCUT2D eigenvalue weighted by Gasteiger charge is 2.14. The molecule has 0 atom stereocenters. The summed E-state index contributed by atoms with van der Waals surface area (Å²) in [6, 6.07) is 3.54. The summed E-state index contributed by atoms with van der Waals surface area (Å²) in [5.41, 5.74) is -0.200. The van der Waals surface area contributed by atoms with Crippen molar-refractivity contribution < 1.29 is 13.9 Å². The summed E-state index contributed by atoms with van der Waals surface area (Å²) in [5, 5.41) is 0. The molecule has 1 rings (SSSR count). The van der Waals surface area contributed by atoms with Crippen LogP contribution in [0.15, 0.2) is 27.6 Å². The third-order valence-electron chi connectivity index (χ3n) is 2.02. The van der Waals surface area contributed by atoms with Gasteiger partial charge in [0.05, 0.1) is 12.2 Å². The Hall–Kier alpha value is -1.36. The van der Waals surface area contributed by atoms with Crippen molar-refractivity contribution in [3.63, 3.8) is 0 Å². The third-order valence-corrected chi connectivity index (χ3v) is 3.73. The molecular weight excluding hydrogens is 224 g/mol. The summed E-state index contributed by atoms with van der Waals surface area (Å²) in [6.07, 6.45) is 1.12. The lowest BCUT2D eigenvalue weighted by Crippen LogP contribution is -2.22. The molecule has 5 heteroatoms. The fourth-order valence-electron chi connectivity index (χ4n) is 1.01. The van der Waals surface area contributed by atoms with Crippen molar-refractivity contribution in [3.05, 3.63) is 34.4 Å². The minimum atomic E-state index is -1.18. The molecule has 0 aliphatic rings. The highest BCUT2D eigenvalue weighted by Crippen LogP contribution is 2.08. The highest BCUT2D eigenvalue weighted by molar-refractivity contribution is 6.76. The van der Waals surface area contributed by atoms with Gasteiger partial charge >= 0.3 is 11.6 Å². The number of rotatable bonds is 4. The minimum Gasteiger partial charge on any atom is -0.462 e. The molecule has 0 unspecified atom stereocenters. The van der Waals surface area contributed by atoms with E-state index in [0.717, 1.165) is 12.3 Å². The van der Waals surface area contributed by atoms with Crippen LogP contribution in [0.1, 0.15) is 10.4 Å². The van der Waals surface area contributed by atoms with Gasteiger partial charge in [-0.05, 0) is 12.1 Å². The number of hydrogen-bond acceptors (Lipinski definition) is 4. The van der Waals surface area contributed by atoms with E-state index in [1.165, 1.54) is 12.1 Å². The minimum absolute atomic E-state index is 0.273. The predicted molar refractivity (Wildman–Crippen MR) is 63.4 cm³/mol. The number of carbonyl (C=O) groups excluding carboxylic acids is 1. The summed E-state index contributed by atoms with van der Waals surface area (Å²) in [5.74, 6) is -0.443. The zero-order chi connectivity index (χ0) is 12.2. The zero-order valence-corrected chi connectivity index (χ0v) is 10.8. The van der Waals surface area contributed by atoms with E-state index in [2.05, 4.69) is 24.1 Å². The normalized spacial score (nSPS) is 11.2. The van der Waals surface area contributed by atoms with Crippen LogP contribution in [0.4, 0.5) is 0 Å². The molecule has 4 nitrogen and oxygen atoms in total. The Kier molecular flexibility index (Phi) is 4.06. The van der Waals surface area contributed by atoms with Gasteiger partial charge < -0.3 is 9.15 Å². The van der Waals surface area contributed by atoms with E-state index in [-0.39, 0.29) is 5.56 Å². The first-order chi connectivity index (χ1) is 7.38. The molecular formula is C11H16O4Si. The fourth-order valence-corrected chi connectivity index (χ4v) is 1.72. The van der Waals surface area contributed by atoms with Gasteiger partial charge in [0, 0.05) is 14.1 Å². The second-order valence-corrected chi connectivity index (χ2v) is 10.4. The van der Waals surface area contributed by atoms with E-state index in [9.17, 15) is 9.59 Å². The molecule has 88 valence electrons. The SMILES string of the molecule is C[Si](C)(C)CCOC(=O)c1ccc(=O)oc1. The van der Waals surface area contributed by atoms with Crippen LogP contribution < -0.4 is 5.63 Å². The van der Waals surface area contributed by atoms with E-state index in [1.54, 1.807) is 0 Å². The van der Waals surface area contributed by atoms with E-state index < -0.39 is 19.7 Å². The zero-order valence-electron chi connectivity index (χ0n) is 9.78. The number of esters is 1. The predicted octanol–water partition coefficient (Wildman–Crippen LogP) is 2.13. The van der Waals surface area contributed by atoms with Crippen LogP contribution in [0.5, 0.6) is 0 Å². The van der Waals surface area contributed by atoms with Crippen LogP contribution in [0, 0.1) is 0 Å². The van der Waals surface area contributed by atoms with E-state index in [0.29, 0.717) is 6.61 Å². The Labute approximate surface area is 95.2 Å². The second kappa shape index (κ2) is 5.11. The molecule has 1 heterocycles. The Balaban J connectivity index is 2.47. The first kappa shape index (κ1) is 12.7. The topological polar surface area (TPSA) is 56.5 Å². The Morgan fingerprint density at radius 3 is 2.56 bits per heavy atom. The quantitative estimate of drug-likeness (QED) is 0.597. The first-order valence-electron chi connectivity index (χ1n) is 5.14. The molecule has 0 aromatic carbocycles. The van der Waals surface area contributed by atoms with Crippen LogP contribution in [0.2, 0.25) is 25.7 Å². The molecule has 16 heavy (non-hydrogen) atoms. The lowest BCUT2D eigenvalue weighted by Gasteiger charge is -2.14. The summed E-state index contributed by atoms with van der Waals surface area (Å²) in [6.45, 7) is 7.06. The van der Waals surface area contributed by atoms with Crippen molar-refractivity contribution >= 4 is 14.0 Å². The molecule has 0 aliphatic carbocycles. The van der Waals surface area contributed by atoms with Crippen LogP contribution in [0.25, 0.3) is 0 Å². The van der Waals surface area contributed by atoms with Crippen molar-refractivity contribution in [2.75, 3.05) is 6.61 Å². The van der Waals surface area contributed by atoms with Crippen LogP contribution in [-0.4, -0.2) is 20.7 Å². The Bertz CT molecular complexity index is 396. The smallest absolute Gasteiger partial charge is 0.341 e. The Morgan fingerprint density at radius 1 is 1.38 bits per heavy atom. The van der Waals surface area contributed by atoms with E-state index >= 15 is 0 Å². The van der Waals surface area contributed by atoms with Gasteiger partial charge in [0.15, 0.2) is 0 Å². The molecule has 0 fully saturated rings. The van der Waals surface area contributed by atoms with Crippen LogP contribution >= 0.6 is 0 Å². The van der Waals surface area contributed by atoms with Crippen molar-refractivity contribution in [2.45, 2.75) is 25.7 Å². The molecule has 0 saturated carbocycles. The average Bonchev–Trinajstić information content (AvgIpc) is 2.16. The fraction of sp³-hybridized carbons (Fsp3) is 0.455. The van der Waals surface area contributed by atoms with Gasteiger partial charge in [-0.3, -0.25) is 0 Å². The largest absolute Gasteiger partial charge is 0.462 e. The third kappa shape index (κ3) is 4.44. The molecule has 0 N–H and O–H groups in total. The van der Waals surface area contributed by atoms with Crippen LogP contribution in [-0.2, 0) is 4.74 Å². The van der Waals surface area contributed by atoms with E-state index in [1.807, 2.05) is 0 Å². The molecule has 0 amide bonds. The van der Waals surface area contributed by atoms with Gasteiger partial charge in [0.25, 0.3) is 0 Å². The molecule has 0 bridgehead atoms. The standard InChI is InChI=1S/C11H16O4Si/c1-16(2,3)7-6-14-11(13)9-4-5-10(12)15-8-9/h4-5,8H,6-7H2,1-3H3. The molecule has 0 saturated heterocycles. The maximum absolute atomic E-state index is 11.5. The van der Waals surface area contributed by atoms with Crippen molar-refractivity contribution in [2.24, 2.45) is 0 Å². The van der Waals surface area contributed by atoms with Gasteiger partial charge in [0.1, 0.15) is 6.26 Å². The maximum atomic E-state index is 11.5. The first-order valence-corrected chi connectivity index (χ1v) is 8.85. The number of carbonyl (C=O) groups is 1. The molecule has 1 aromatic heterocycles. The van der Waals surface area contributed by atoms with Gasteiger partial charge in [-0.25, -0.2) is 9.59 Å². The van der Waals surface area contributed by atoms with Crippen molar-refractivity contribution in [3.8, 4) is 0 Å². The van der Waals surface area contributed by atoms with Gasteiger partial charge in [-0.2, -0.15) is 0 Å². The number of hydrogen-bond donors (Lipinski definition) is 0. The second-order valence-electron chi connectivity index (χ2n) is 4.79. The highest BCUT2D eigenvalue weighted by atomic mass is 28.3. The summed E-state index contributed by atoms with van der Waals surface area (Å²) in [7, 11) is -1.18. The average molecular weight is 240 g/mol. The van der Waals surface area contributed by atoms with Crippen molar-refractivity contribution in [1.82, 2.24) is 0 Å². The molecule has 0 aliphatic heterocycles. The Morgan fingerprint density at radius 2 is 2.06 bits per heavy atom. The summed E-state index contributed by atoms with van der Waals surface area (Å²) >= 11 is 0. The lowest BCUT2D eigenvalue weighted by molar-refractivity contribution is 0.0522. The van der Waals surface area contributed by atoms with Crippen LogP contribution in [0.3, 0.4) is 0 Å². The van der Waals surface area contributed by atoms with Gasteiger partial charge in [-0.1, -0.05) is 19.6 Å². The molecule has 0 radical (unpaired) electrons. The number of ether oxygens (including phenoxy) is 1. The van der Waals surface area contributed by atoms with Gasteiger partial charge in [0.2, 0.25) is 0 Å². The lowest BCUT2D eigenvalue weighted by atomic mass is 10.3. The van der Waals surface area contributed by atoms with Crippen molar-refractivity contribution in [1.29, 1.82) is 0 Å².